The Balaban J connectivity index is 1.37. The van der Waals surface area contributed by atoms with Gasteiger partial charge < -0.3 is 15.0 Å². The maximum absolute atomic E-state index is 12.8. The Kier molecular flexibility index (Phi) is 6.99. The highest BCUT2D eigenvalue weighted by atomic mass is 32.2. The fraction of sp³-hybridized carbons (Fsp3) is 0.417. The molecule has 8 nitrogen and oxygen atoms in total. The average Bonchev–Trinajstić information content (AvgIpc) is 3.20. The fourth-order valence-corrected chi connectivity index (χ4v) is 5.76. The molecule has 0 saturated carbocycles. The van der Waals surface area contributed by atoms with Crippen molar-refractivity contribution in [1.29, 1.82) is 0 Å². The molecule has 9 heteroatoms. The zero-order valence-electron chi connectivity index (χ0n) is 18.7. The van der Waals surface area contributed by atoms with Crippen molar-refractivity contribution in [2.45, 2.75) is 43.5 Å². The maximum Gasteiger partial charge on any atom is 0.251 e. The van der Waals surface area contributed by atoms with Gasteiger partial charge in [0.05, 0.1) is 17.5 Å². The molecule has 33 heavy (non-hydrogen) atoms. The predicted octanol–water partition coefficient (Wildman–Crippen LogP) is 2.80. The van der Waals surface area contributed by atoms with Gasteiger partial charge in [-0.1, -0.05) is 6.42 Å². The number of nitrogens with zero attached hydrogens (tertiary/aromatic N) is 2. The average molecular weight is 472 g/mol. The molecule has 2 saturated heterocycles. The van der Waals surface area contributed by atoms with Crippen LogP contribution >= 0.6 is 0 Å². The van der Waals surface area contributed by atoms with Crippen LogP contribution in [0.2, 0.25) is 0 Å². The van der Waals surface area contributed by atoms with Gasteiger partial charge in [-0.25, -0.2) is 8.42 Å². The van der Waals surface area contributed by atoms with Crippen molar-refractivity contribution in [3.63, 3.8) is 0 Å². The first-order chi connectivity index (χ1) is 15.9. The van der Waals surface area contributed by atoms with Crippen molar-refractivity contribution in [2.75, 3.05) is 31.1 Å². The number of amides is 2. The van der Waals surface area contributed by atoms with E-state index < -0.39 is 10.0 Å². The number of rotatable bonds is 7. The van der Waals surface area contributed by atoms with Crippen LogP contribution in [0.4, 0.5) is 5.69 Å². The summed E-state index contributed by atoms with van der Waals surface area (Å²) in [5.74, 6) is 0.346. The first-order valence-corrected chi connectivity index (χ1v) is 12.8. The van der Waals surface area contributed by atoms with E-state index in [2.05, 4.69) is 5.32 Å². The lowest BCUT2D eigenvalue weighted by Crippen LogP contribution is -2.37. The molecule has 2 aromatic carbocycles. The SMILES string of the molecule is CCOc1ccc(N2C[C@@H](NC(=O)c3ccc(S(=O)(=O)N4CCCCC4)cc3)CC2=O)cc1. The molecule has 1 N–H and O–H groups in total. The number of hydrogen-bond donors (Lipinski definition) is 1. The minimum absolute atomic E-state index is 0.0626. The summed E-state index contributed by atoms with van der Waals surface area (Å²) in [7, 11) is -3.54. The molecule has 0 radical (unpaired) electrons. The Hall–Kier alpha value is -2.91. The molecule has 2 aliphatic heterocycles. The summed E-state index contributed by atoms with van der Waals surface area (Å²) in [6.07, 6.45) is 2.99. The lowest BCUT2D eigenvalue weighted by Gasteiger charge is -2.25. The van der Waals surface area contributed by atoms with E-state index in [1.165, 1.54) is 28.6 Å². The normalized spacial score (nSPS) is 19.5. The number of benzene rings is 2. The van der Waals surface area contributed by atoms with Gasteiger partial charge in [0.1, 0.15) is 5.75 Å². The molecule has 1 atom stereocenters. The van der Waals surface area contributed by atoms with Gasteiger partial charge in [-0.05, 0) is 68.3 Å². The molecule has 0 unspecified atom stereocenters. The van der Waals surface area contributed by atoms with Gasteiger partial charge in [-0.3, -0.25) is 9.59 Å². The summed E-state index contributed by atoms with van der Waals surface area (Å²) >= 11 is 0. The third-order valence-electron chi connectivity index (χ3n) is 5.99. The standard InChI is InChI=1S/C24H29N3O5S/c1-2-32-21-10-8-20(9-11-21)27-17-19(16-23(27)28)25-24(29)18-6-12-22(13-7-18)33(30,31)26-14-4-3-5-15-26/h6-13,19H,2-5,14-17H2,1H3,(H,25,29)/t19-/m0/s1. The molecule has 0 spiro atoms. The van der Waals surface area contributed by atoms with E-state index in [0.717, 1.165) is 30.7 Å². The molecule has 2 aliphatic rings. The summed E-state index contributed by atoms with van der Waals surface area (Å²) < 4.78 is 32.5. The Morgan fingerprint density at radius 3 is 2.33 bits per heavy atom. The molecule has 4 rings (SSSR count). The Bertz CT molecular complexity index is 1090. The second kappa shape index (κ2) is 9.93. The lowest BCUT2D eigenvalue weighted by atomic mass is 10.2. The van der Waals surface area contributed by atoms with Crippen LogP contribution in [0.3, 0.4) is 0 Å². The summed E-state index contributed by atoms with van der Waals surface area (Å²) in [5, 5.41) is 2.89. The monoisotopic (exact) mass is 471 g/mol. The smallest absolute Gasteiger partial charge is 0.251 e. The highest BCUT2D eigenvalue weighted by Crippen LogP contribution is 2.25. The number of sulfonamides is 1. The van der Waals surface area contributed by atoms with Crippen LogP contribution in [0, 0.1) is 0 Å². The molecule has 2 aromatic rings. The topological polar surface area (TPSA) is 96.0 Å². The molecule has 0 aliphatic carbocycles. The highest BCUT2D eigenvalue weighted by molar-refractivity contribution is 7.89. The van der Waals surface area contributed by atoms with E-state index in [1.54, 1.807) is 4.90 Å². The third kappa shape index (κ3) is 5.20. The van der Waals surface area contributed by atoms with Gasteiger partial charge >= 0.3 is 0 Å². The van der Waals surface area contributed by atoms with E-state index in [0.29, 0.717) is 31.8 Å². The van der Waals surface area contributed by atoms with Crippen molar-refractivity contribution < 1.29 is 22.7 Å². The van der Waals surface area contributed by atoms with Crippen LogP contribution in [-0.4, -0.2) is 56.8 Å². The van der Waals surface area contributed by atoms with Crippen LogP contribution in [-0.2, 0) is 14.8 Å². The zero-order valence-corrected chi connectivity index (χ0v) is 19.5. The lowest BCUT2D eigenvalue weighted by molar-refractivity contribution is -0.117. The minimum Gasteiger partial charge on any atom is -0.494 e. The van der Waals surface area contributed by atoms with E-state index in [-0.39, 0.29) is 29.2 Å². The van der Waals surface area contributed by atoms with Gasteiger partial charge in [0.15, 0.2) is 0 Å². The number of carbonyl (C=O) groups excluding carboxylic acids is 2. The fourth-order valence-electron chi connectivity index (χ4n) is 4.24. The van der Waals surface area contributed by atoms with Crippen molar-refractivity contribution in [3.8, 4) is 5.75 Å². The van der Waals surface area contributed by atoms with Gasteiger partial charge in [0.2, 0.25) is 15.9 Å². The number of anilines is 1. The van der Waals surface area contributed by atoms with Crippen molar-refractivity contribution in [3.05, 3.63) is 54.1 Å². The van der Waals surface area contributed by atoms with Gasteiger partial charge in [-0.15, -0.1) is 0 Å². The zero-order chi connectivity index (χ0) is 23.4. The summed E-state index contributed by atoms with van der Waals surface area (Å²) in [6, 6.07) is 13.0. The molecule has 2 amide bonds. The van der Waals surface area contributed by atoms with E-state index in [4.69, 9.17) is 4.74 Å². The van der Waals surface area contributed by atoms with Crippen LogP contribution in [0.1, 0.15) is 43.0 Å². The molecule has 0 bridgehead atoms. The Morgan fingerprint density at radius 2 is 1.70 bits per heavy atom. The van der Waals surface area contributed by atoms with Crippen molar-refractivity contribution >= 4 is 27.5 Å². The van der Waals surface area contributed by atoms with Crippen molar-refractivity contribution in [2.24, 2.45) is 0 Å². The van der Waals surface area contributed by atoms with Gasteiger partial charge in [0.25, 0.3) is 5.91 Å². The van der Waals surface area contributed by atoms with Crippen LogP contribution < -0.4 is 15.0 Å². The molecule has 2 fully saturated rings. The number of nitrogens with one attached hydrogen (secondary N) is 1. The van der Waals surface area contributed by atoms with Crippen molar-refractivity contribution in [1.82, 2.24) is 9.62 Å². The predicted molar refractivity (Wildman–Crippen MR) is 125 cm³/mol. The summed E-state index contributed by atoms with van der Waals surface area (Å²) in [6.45, 7) is 3.92. The Labute approximate surface area is 194 Å². The highest BCUT2D eigenvalue weighted by Gasteiger charge is 2.32. The van der Waals surface area contributed by atoms with E-state index in [9.17, 15) is 18.0 Å². The van der Waals surface area contributed by atoms with Crippen LogP contribution in [0.15, 0.2) is 53.4 Å². The van der Waals surface area contributed by atoms with E-state index >= 15 is 0 Å². The number of hydrogen-bond acceptors (Lipinski definition) is 5. The van der Waals surface area contributed by atoms with E-state index in [1.807, 2.05) is 31.2 Å². The quantitative estimate of drug-likeness (QED) is 0.670. The van der Waals surface area contributed by atoms with Crippen LogP contribution in [0.25, 0.3) is 0 Å². The molecular weight excluding hydrogens is 442 g/mol. The molecule has 0 aromatic heterocycles. The second-order valence-corrected chi connectivity index (χ2v) is 10.2. The first kappa shape index (κ1) is 23.3. The van der Waals surface area contributed by atoms with Crippen LogP contribution in [0.5, 0.6) is 5.75 Å². The molecule has 176 valence electrons. The minimum atomic E-state index is -3.54. The summed E-state index contributed by atoms with van der Waals surface area (Å²) in [4.78, 5) is 27.0. The number of carbonyl (C=O) groups is 2. The molecular formula is C24H29N3O5S. The summed E-state index contributed by atoms with van der Waals surface area (Å²) in [5.41, 5.74) is 1.12. The van der Waals surface area contributed by atoms with Gasteiger partial charge in [0, 0.05) is 37.3 Å². The maximum atomic E-state index is 12.8. The third-order valence-corrected chi connectivity index (χ3v) is 7.90. The first-order valence-electron chi connectivity index (χ1n) is 11.3. The molecule has 2 heterocycles. The Morgan fingerprint density at radius 1 is 1.03 bits per heavy atom. The largest absolute Gasteiger partial charge is 0.494 e. The number of ether oxygens (including phenoxy) is 1. The number of piperidine rings is 1. The second-order valence-electron chi connectivity index (χ2n) is 8.29. The van der Waals surface area contributed by atoms with Gasteiger partial charge in [-0.2, -0.15) is 4.31 Å².